The molecule has 0 spiro atoms. The van der Waals surface area contributed by atoms with Gasteiger partial charge >= 0.3 is 0 Å². The normalized spacial score (nSPS) is 13.4. The smallest absolute Gasteiger partial charge is 0.238 e. The molecule has 2 unspecified atom stereocenters. The molecule has 0 bridgehead atoms. The third kappa shape index (κ3) is 3.90. The Bertz CT molecular complexity index is 431. The van der Waals surface area contributed by atoms with Crippen LogP contribution < -0.4 is 11.1 Å². The molecule has 1 aromatic carbocycles. The summed E-state index contributed by atoms with van der Waals surface area (Å²) in [6.45, 7) is 4.06. The third-order valence-electron chi connectivity index (χ3n) is 2.88. The topological polar surface area (TPSA) is 55.1 Å². The number of amides is 1. The highest BCUT2D eigenvalue weighted by Crippen LogP contribution is 2.17. The molecule has 3 nitrogen and oxygen atoms in total. The summed E-state index contributed by atoms with van der Waals surface area (Å²) in [6, 6.07) is 7.47. The van der Waals surface area contributed by atoms with E-state index in [1.165, 1.54) is 5.56 Å². The van der Waals surface area contributed by atoms with E-state index < -0.39 is 6.04 Å². The van der Waals surface area contributed by atoms with Crippen molar-refractivity contribution in [3.05, 3.63) is 35.4 Å². The molecule has 1 aromatic rings. The fourth-order valence-corrected chi connectivity index (χ4v) is 1.72. The summed E-state index contributed by atoms with van der Waals surface area (Å²) in [5.41, 5.74) is 7.96. The van der Waals surface area contributed by atoms with Gasteiger partial charge in [0.05, 0.1) is 12.1 Å². The van der Waals surface area contributed by atoms with E-state index in [1.807, 2.05) is 38.1 Å². The Morgan fingerprint density at radius 2 is 2.06 bits per heavy atom. The molecule has 0 fully saturated rings. The van der Waals surface area contributed by atoms with Crippen LogP contribution in [0.4, 0.5) is 0 Å². The average molecular weight is 244 g/mol. The molecule has 0 aliphatic rings. The summed E-state index contributed by atoms with van der Waals surface area (Å²) in [7, 11) is 0. The maximum Gasteiger partial charge on any atom is 0.238 e. The van der Waals surface area contributed by atoms with Crippen molar-refractivity contribution in [1.82, 2.24) is 5.32 Å². The van der Waals surface area contributed by atoms with E-state index in [-0.39, 0.29) is 18.4 Å². The van der Waals surface area contributed by atoms with Gasteiger partial charge in [-0.05, 0) is 18.9 Å². The Morgan fingerprint density at radius 3 is 2.56 bits per heavy atom. The Labute approximate surface area is 109 Å². The van der Waals surface area contributed by atoms with Gasteiger partial charge in [-0.25, -0.2) is 0 Å². The van der Waals surface area contributed by atoms with Gasteiger partial charge in [0, 0.05) is 6.42 Å². The predicted molar refractivity (Wildman–Crippen MR) is 73.8 cm³/mol. The third-order valence-corrected chi connectivity index (χ3v) is 2.88. The summed E-state index contributed by atoms with van der Waals surface area (Å²) in [6.07, 6.45) is 6.23. The molecule has 0 aliphatic carbocycles. The molecule has 3 heteroatoms. The van der Waals surface area contributed by atoms with Crippen molar-refractivity contribution in [2.45, 2.75) is 38.8 Å². The first-order valence-corrected chi connectivity index (χ1v) is 6.14. The van der Waals surface area contributed by atoms with Crippen LogP contribution in [0.15, 0.2) is 24.3 Å². The van der Waals surface area contributed by atoms with E-state index in [0.29, 0.717) is 0 Å². The highest BCUT2D eigenvalue weighted by Gasteiger charge is 2.17. The minimum atomic E-state index is -0.630. The monoisotopic (exact) mass is 244 g/mol. The summed E-state index contributed by atoms with van der Waals surface area (Å²) in [5.74, 6) is 2.21. The Morgan fingerprint density at radius 1 is 1.44 bits per heavy atom. The average Bonchev–Trinajstić information content (AvgIpc) is 2.37. The SMILES string of the molecule is C#CCC(N)C(=O)NC(CC)c1ccc(C)cc1. The van der Waals surface area contributed by atoms with Gasteiger partial charge in [0.1, 0.15) is 0 Å². The molecule has 3 N–H and O–H groups in total. The molecule has 1 rings (SSSR count). The van der Waals surface area contributed by atoms with Crippen LogP contribution in [-0.2, 0) is 4.79 Å². The van der Waals surface area contributed by atoms with Gasteiger partial charge in [-0.3, -0.25) is 4.79 Å². The molecule has 18 heavy (non-hydrogen) atoms. The molecule has 96 valence electrons. The van der Waals surface area contributed by atoms with E-state index in [0.717, 1.165) is 12.0 Å². The lowest BCUT2D eigenvalue weighted by Crippen LogP contribution is -2.41. The largest absolute Gasteiger partial charge is 0.348 e. The van der Waals surface area contributed by atoms with Crippen LogP contribution in [0.2, 0.25) is 0 Å². The minimum absolute atomic E-state index is 0.0121. The first-order chi connectivity index (χ1) is 8.58. The lowest BCUT2D eigenvalue weighted by atomic mass is 10.0. The number of aryl methyl sites for hydroxylation is 1. The molecule has 0 saturated heterocycles. The second kappa shape index (κ2) is 6.83. The van der Waals surface area contributed by atoms with Crippen molar-refractivity contribution in [1.29, 1.82) is 0 Å². The lowest BCUT2D eigenvalue weighted by Gasteiger charge is -2.19. The Hall–Kier alpha value is -1.79. The van der Waals surface area contributed by atoms with E-state index in [1.54, 1.807) is 0 Å². The number of hydrogen-bond donors (Lipinski definition) is 2. The first-order valence-electron chi connectivity index (χ1n) is 6.14. The second-order valence-electron chi connectivity index (χ2n) is 4.39. The van der Waals surface area contributed by atoms with Crippen molar-refractivity contribution >= 4 is 5.91 Å². The molecule has 1 amide bonds. The standard InChI is InChI=1S/C15H20N2O/c1-4-6-13(16)15(18)17-14(5-2)12-9-7-11(3)8-10-12/h1,7-10,13-14H,5-6,16H2,2-3H3,(H,17,18). The molecule has 2 atom stereocenters. The fraction of sp³-hybridized carbons (Fsp3) is 0.400. The van der Waals surface area contributed by atoms with Gasteiger partial charge in [-0.1, -0.05) is 36.8 Å². The first kappa shape index (κ1) is 14.3. The molecule has 0 heterocycles. The summed E-state index contributed by atoms with van der Waals surface area (Å²) >= 11 is 0. The summed E-state index contributed by atoms with van der Waals surface area (Å²) < 4.78 is 0. The van der Waals surface area contributed by atoms with Gasteiger partial charge < -0.3 is 11.1 Å². The molecular weight excluding hydrogens is 224 g/mol. The zero-order valence-corrected chi connectivity index (χ0v) is 10.9. The number of benzene rings is 1. The quantitative estimate of drug-likeness (QED) is 0.777. The minimum Gasteiger partial charge on any atom is -0.348 e. The second-order valence-corrected chi connectivity index (χ2v) is 4.39. The zero-order chi connectivity index (χ0) is 13.5. The highest BCUT2D eigenvalue weighted by molar-refractivity contribution is 5.82. The van der Waals surface area contributed by atoms with Crippen LogP contribution in [-0.4, -0.2) is 11.9 Å². The van der Waals surface area contributed by atoms with Gasteiger partial charge in [-0.2, -0.15) is 0 Å². The van der Waals surface area contributed by atoms with Crippen molar-refractivity contribution in [3.8, 4) is 12.3 Å². The highest BCUT2D eigenvalue weighted by atomic mass is 16.2. The maximum atomic E-state index is 11.8. The number of rotatable bonds is 5. The van der Waals surface area contributed by atoms with Crippen molar-refractivity contribution < 1.29 is 4.79 Å². The van der Waals surface area contributed by atoms with Crippen molar-refractivity contribution in [2.75, 3.05) is 0 Å². The number of nitrogens with one attached hydrogen (secondary N) is 1. The number of terminal acetylenes is 1. The Kier molecular flexibility index (Phi) is 5.41. The predicted octanol–water partition coefficient (Wildman–Crippen LogP) is 1.91. The molecular formula is C15H20N2O. The molecule has 0 radical (unpaired) electrons. The van der Waals surface area contributed by atoms with Crippen molar-refractivity contribution in [3.63, 3.8) is 0 Å². The van der Waals surface area contributed by atoms with E-state index in [9.17, 15) is 4.79 Å². The van der Waals surface area contributed by atoms with Crippen LogP contribution in [0.5, 0.6) is 0 Å². The van der Waals surface area contributed by atoms with Crippen molar-refractivity contribution in [2.24, 2.45) is 5.73 Å². The number of nitrogens with two attached hydrogens (primary N) is 1. The van der Waals surface area contributed by atoms with Gasteiger partial charge in [0.25, 0.3) is 0 Å². The van der Waals surface area contributed by atoms with Crippen LogP contribution in [0.1, 0.15) is 36.9 Å². The van der Waals surface area contributed by atoms with Crippen LogP contribution in [0.3, 0.4) is 0 Å². The number of hydrogen-bond acceptors (Lipinski definition) is 2. The van der Waals surface area contributed by atoms with Gasteiger partial charge in [-0.15, -0.1) is 12.3 Å². The fourth-order valence-electron chi connectivity index (χ4n) is 1.72. The molecule has 0 saturated carbocycles. The maximum absolute atomic E-state index is 11.8. The summed E-state index contributed by atoms with van der Waals surface area (Å²) in [4.78, 5) is 11.8. The van der Waals surface area contributed by atoms with E-state index in [2.05, 4.69) is 11.2 Å². The van der Waals surface area contributed by atoms with E-state index in [4.69, 9.17) is 12.2 Å². The zero-order valence-electron chi connectivity index (χ0n) is 10.9. The number of carbonyl (C=O) groups excluding carboxylic acids is 1. The number of carbonyl (C=O) groups is 1. The Balaban J connectivity index is 2.71. The molecule has 0 aliphatic heterocycles. The van der Waals surface area contributed by atoms with Crippen LogP contribution in [0, 0.1) is 19.3 Å². The summed E-state index contributed by atoms with van der Waals surface area (Å²) in [5, 5.41) is 2.93. The van der Waals surface area contributed by atoms with Gasteiger partial charge in [0.15, 0.2) is 0 Å². The van der Waals surface area contributed by atoms with Crippen LogP contribution in [0.25, 0.3) is 0 Å². The molecule has 0 aromatic heterocycles. The van der Waals surface area contributed by atoms with E-state index >= 15 is 0 Å². The van der Waals surface area contributed by atoms with Crippen LogP contribution >= 0.6 is 0 Å². The lowest BCUT2D eigenvalue weighted by molar-refractivity contribution is -0.123. The van der Waals surface area contributed by atoms with Gasteiger partial charge in [0.2, 0.25) is 5.91 Å².